The lowest BCUT2D eigenvalue weighted by atomic mass is 10.2. The highest BCUT2D eigenvalue weighted by Crippen LogP contribution is 2.17. The van der Waals surface area contributed by atoms with Gasteiger partial charge in [0.2, 0.25) is 0 Å². The molecule has 0 spiro atoms. The summed E-state index contributed by atoms with van der Waals surface area (Å²) >= 11 is 1.60. The number of nitrogen functional groups attached to an aromatic ring is 1. The number of hydrogen-bond donors (Lipinski definition) is 2. The summed E-state index contributed by atoms with van der Waals surface area (Å²) in [5, 5.41) is 0. The van der Waals surface area contributed by atoms with Gasteiger partial charge in [-0.3, -0.25) is 4.72 Å². The monoisotopic (exact) mass is 260 g/mol. The second-order valence-electron chi connectivity index (χ2n) is 3.84. The second-order valence-corrected chi connectivity index (χ2v) is 4.80. The first-order valence-electron chi connectivity index (χ1n) is 5.66. The van der Waals surface area contributed by atoms with Gasteiger partial charge in [0.15, 0.2) is 0 Å². The van der Waals surface area contributed by atoms with Crippen LogP contribution in [0.5, 0.6) is 5.75 Å². The van der Waals surface area contributed by atoms with Gasteiger partial charge in [-0.05, 0) is 53.9 Å². The fourth-order valence-corrected chi connectivity index (χ4v) is 2.16. The first-order valence-corrected chi connectivity index (χ1v) is 6.48. The normalized spacial score (nSPS) is 10.3. The van der Waals surface area contributed by atoms with E-state index in [-0.39, 0.29) is 0 Å². The molecule has 0 aromatic heterocycles. The molecule has 0 saturated heterocycles. The van der Waals surface area contributed by atoms with Gasteiger partial charge in [0, 0.05) is 17.1 Å². The Labute approximate surface area is 111 Å². The van der Waals surface area contributed by atoms with Crippen LogP contribution in [0.2, 0.25) is 0 Å². The first kappa shape index (κ1) is 12.8. The van der Waals surface area contributed by atoms with E-state index in [2.05, 4.69) is 16.9 Å². The molecule has 0 bridgehead atoms. The number of nitrogens with two attached hydrogens (primary N) is 1. The molecule has 0 heterocycles. The van der Waals surface area contributed by atoms with Crippen LogP contribution in [0.15, 0.2) is 53.4 Å². The lowest BCUT2D eigenvalue weighted by Gasteiger charge is -2.05. The van der Waals surface area contributed by atoms with Crippen LogP contribution in [0.3, 0.4) is 0 Å². The fourth-order valence-electron chi connectivity index (χ4n) is 1.48. The average Bonchev–Trinajstić information content (AvgIpc) is 2.42. The summed E-state index contributed by atoms with van der Waals surface area (Å²) in [4.78, 5) is 1.15. The van der Waals surface area contributed by atoms with Crippen molar-refractivity contribution in [3.8, 4) is 5.75 Å². The van der Waals surface area contributed by atoms with E-state index in [1.165, 1.54) is 5.56 Å². The molecule has 2 aromatic carbocycles. The zero-order valence-corrected chi connectivity index (χ0v) is 11.0. The van der Waals surface area contributed by atoms with Crippen LogP contribution in [0.25, 0.3) is 0 Å². The Morgan fingerprint density at radius 3 is 2.33 bits per heavy atom. The summed E-state index contributed by atoms with van der Waals surface area (Å²) < 4.78 is 8.43. The SMILES string of the molecule is COc1ccc(CNSc2ccc(N)cc2)cc1. The number of nitrogens with one attached hydrogen (secondary N) is 1. The summed E-state index contributed by atoms with van der Waals surface area (Å²) in [6.45, 7) is 0.805. The molecule has 18 heavy (non-hydrogen) atoms. The third-order valence-corrected chi connectivity index (χ3v) is 3.30. The minimum atomic E-state index is 0.787. The molecule has 0 fully saturated rings. The Morgan fingerprint density at radius 1 is 1.06 bits per heavy atom. The van der Waals surface area contributed by atoms with E-state index in [9.17, 15) is 0 Å². The Hall–Kier alpha value is -1.65. The van der Waals surface area contributed by atoms with E-state index in [4.69, 9.17) is 10.5 Å². The van der Waals surface area contributed by atoms with Gasteiger partial charge >= 0.3 is 0 Å². The highest BCUT2D eigenvalue weighted by Gasteiger charge is 1.96. The maximum absolute atomic E-state index is 5.63. The first-order chi connectivity index (χ1) is 8.78. The highest BCUT2D eigenvalue weighted by atomic mass is 32.2. The van der Waals surface area contributed by atoms with E-state index in [1.807, 2.05) is 36.4 Å². The van der Waals surface area contributed by atoms with E-state index in [0.717, 1.165) is 22.9 Å². The molecule has 2 aromatic rings. The third-order valence-electron chi connectivity index (χ3n) is 2.51. The van der Waals surface area contributed by atoms with Gasteiger partial charge in [-0.1, -0.05) is 12.1 Å². The number of benzene rings is 2. The average molecular weight is 260 g/mol. The minimum Gasteiger partial charge on any atom is -0.497 e. The Balaban J connectivity index is 1.82. The van der Waals surface area contributed by atoms with Gasteiger partial charge in [0.1, 0.15) is 5.75 Å². The molecule has 0 atom stereocenters. The van der Waals surface area contributed by atoms with Gasteiger partial charge < -0.3 is 10.5 Å². The molecule has 0 aliphatic carbocycles. The van der Waals surface area contributed by atoms with Crippen LogP contribution in [0.4, 0.5) is 5.69 Å². The van der Waals surface area contributed by atoms with Crippen molar-refractivity contribution in [1.82, 2.24) is 4.72 Å². The van der Waals surface area contributed by atoms with Crippen molar-refractivity contribution in [2.75, 3.05) is 12.8 Å². The zero-order valence-electron chi connectivity index (χ0n) is 10.2. The van der Waals surface area contributed by atoms with Crippen LogP contribution in [-0.2, 0) is 6.54 Å². The molecule has 0 amide bonds. The van der Waals surface area contributed by atoms with Crippen molar-refractivity contribution in [3.63, 3.8) is 0 Å². The summed E-state index contributed by atoms with van der Waals surface area (Å²) in [6, 6.07) is 15.8. The van der Waals surface area contributed by atoms with Crippen molar-refractivity contribution in [1.29, 1.82) is 0 Å². The fraction of sp³-hybridized carbons (Fsp3) is 0.143. The van der Waals surface area contributed by atoms with Crippen LogP contribution in [0.1, 0.15) is 5.56 Å². The van der Waals surface area contributed by atoms with Crippen LogP contribution < -0.4 is 15.2 Å². The zero-order chi connectivity index (χ0) is 12.8. The molecule has 3 N–H and O–H groups in total. The lowest BCUT2D eigenvalue weighted by Crippen LogP contribution is -2.02. The van der Waals surface area contributed by atoms with Crippen molar-refractivity contribution in [3.05, 3.63) is 54.1 Å². The smallest absolute Gasteiger partial charge is 0.118 e. The number of methoxy groups -OCH3 is 1. The highest BCUT2D eigenvalue weighted by molar-refractivity contribution is 7.97. The molecule has 2 rings (SSSR count). The van der Waals surface area contributed by atoms with Crippen LogP contribution >= 0.6 is 11.9 Å². The molecule has 0 radical (unpaired) electrons. The molecule has 94 valence electrons. The van der Waals surface area contributed by atoms with E-state index in [0.29, 0.717) is 0 Å². The summed E-state index contributed by atoms with van der Waals surface area (Å²) in [7, 11) is 1.67. The number of anilines is 1. The predicted molar refractivity (Wildman–Crippen MR) is 76.5 cm³/mol. The summed E-state index contributed by atoms with van der Waals surface area (Å²) in [6.07, 6.45) is 0. The minimum absolute atomic E-state index is 0.787. The van der Waals surface area contributed by atoms with E-state index >= 15 is 0 Å². The molecular formula is C14H16N2OS. The number of hydrogen-bond acceptors (Lipinski definition) is 4. The number of rotatable bonds is 5. The number of ether oxygens (including phenoxy) is 1. The molecule has 4 heteroatoms. The molecule has 0 saturated carbocycles. The van der Waals surface area contributed by atoms with E-state index in [1.54, 1.807) is 19.1 Å². The van der Waals surface area contributed by atoms with Gasteiger partial charge in [-0.2, -0.15) is 0 Å². The topological polar surface area (TPSA) is 47.3 Å². The summed E-state index contributed by atoms with van der Waals surface area (Å²) in [5.74, 6) is 0.880. The van der Waals surface area contributed by atoms with Gasteiger partial charge in [-0.15, -0.1) is 0 Å². The maximum Gasteiger partial charge on any atom is 0.118 e. The Bertz CT molecular complexity index is 482. The van der Waals surface area contributed by atoms with Crippen molar-refractivity contribution < 1.29 is 4.74 Å². The standard InChI is InChI=1S/C14H16N2OS/c1-17-13-6-2-11(3-7-13)10-16-18-14-8-4-12(15)5-9-14/h2-9,16H,10,15H2,1H3. The molecule has 0 unspecified atom stereocenters. The molecule has 3 nitrogen and oxygen atoms in total. The Morgan fingerprint density at radius 2 is 1.72 bits per heavy atom. The van der Waals surface area contributed by atoms with E-state index < -0.39 is 0 Å². The largest absolute Gasteiger partial charge is 0.497 e. The van der Waals surface area contributed by atoms with Gasteiger partial charge in [0.05, 0.1) is 7.11 Å². The van der Waals surface area contributed by atoms with Crippen molar-refractivity contribution >= 4 is 17.6 Å². The molecular weight excluding hydrogens is 244 g/mol. The van der Waals surface area contributed by atoms with Crippen molar-refractivity contribution in [2.45, 2.75) is 11.4 Å². The maximum atomic E-state index is 5.63. The summed E-state index contributed by atoms with van der Waals surface area (Å²) in [5.41, 5.74) is 7.64. The molecule has 0 aliphatic rings. The molecule has 0 aliphatic heterocycles. The quantitative estimate of drug-likeness (QED) is 0.640. The van der Waals surface area contributed by atoms with Gasteiger partial charge in [0.25, 0.3) is 0 Å². The van der Waals surface area contributed by atoms with Crippen LogP contribution in [0, 0.1) is 0 Å². The third kappa shape index (κ3) is 3.68. The Kier molecular flexibility index (Phi) is 4.50. The van der Waals surface area contributed by atoms with Crippen LogP contribution in [-0.4, -0.2) is 7.11 Å². The van der Waals surface area contributed by atoms with Crippen molar-refractivity contribution in [2.24, 2.45) is 0 Å². The van der Waals surface area contributed by atoms with Gasteiger partial charge in [-0.25, -0.2) is 0 Å². The predicted octanol–water partition coefficient (Wildman–Crippen LogP) is 3.07. The second kappa shape index (κ2) is 6.33. The lowest BCUT2D eigenvalue weighted by molar-refractivity contribution is 0.414.